The summed E-state index contributed by atoms with van der Waals surface area (Å²) in [4.78, 5) is 2.49. The lowest BCUT2D eigenvalue weighted by Crippen LogP contribution is -2.29. The summed E-state index contributed by atoms with van der Waals surface area (Å²) in [6.45, 7) is 3.38. The van der Waals surface area contributed by atoms with Crippen LogP contribution in [0.25, 0.3) is 0 Å². The van der Waals surface area contributed by atoms with Crippen molar-refractivity contribution in [1.82, 2.24) is 5.32 Å². The van der Waals surface area contributed by atoms with Gasteiger partial charge >= 0.3 is 0 Å². The van der Waals surface area contributed by atoms with Crippen LogP contribution in [0, 0.1) is 0 Å². The molecule has 0 spiro atoms. The lowest BCUT2D eigenvalue weighted by atomic mass is 10.0. The number of hydrogen-bond acceptors (Lipinski definition) is 3. The maximum atomic E-state index is 9.33. The van der Waals surface area contributed by atoms with Gasteiger partial charge in [0.15, 0.2) is 0 Å². The van der Waals surface area contributed by atoms with E-state index in [2.05, 4.69) is 58.7 Å². The minimum atomic E-state index is 0.193. The first-order chi connectivity index (χ1) is 11.9. The Labute approximate surface area is 145 Å². The van der Waals surface area contributed by atoms with Crippen LogP contribution in [-0.4, -0.2) is 24.8 Å². The molecule has 0 radical (unpaired) electrons. The summed E-state index contributed by atoms with van der Waals surface area (Å²) < 4.78 is 0. The Kier molecular flexibility index (Phi) is 6.27. The van der Waals surface area contributed by atoms with E-state index >= 15 is 0 Å². The number of anilines is 1. The molecule has 3 rings (SSSR count). The number of hydrogen-bond donors (Lipinski definition) is 2. The maximum Gasteiger partial charge on any atom is 0.0449 e. The highest BCUT2D eigenvalue weighted by Gasteiger charge is 2.12. The molecular formula is C21H28N2O. The van der Waals surface area contributed by atoms with Gasteiger partial charge < -0.3 is 15.3 Å². The van der Waals surface area contributed by atoms with Crippen LogP contribution >= 0.6 is 0 Å². The van der Waals surface area contributed by atoms with Gasteiger partial charge in [0.2, 0.25) is 0 Å². The average molecular weight is 324 g/mol. The van der Waals surface area contributed by atoms with Gasteiger partial charge in [0.25, 0.3) is 0 Å². The normalized spacial score (nSPS) is 16.1. The van der Waals surface area contributed by atoms with E-state index in [0.29, 0.717) is 0 Å². The molecule has 2 N–H and O–H groups in total. The first-order valence-corrected chi connectivity index (χ1v) is 9.10. The third-order valence-corrected chi connectivity index (χ3v) is 4.83. The van der Waals surface area contributed by atoms with Gasteiger partial charge in [-0.25, -0.2) is 0 Å². The molecular weight excluding hydrogens is 296 g/mol. The summed E-state index contributed by atoms with van der Waals surface area (Å²) in [5.41, 5.74) is 3.86. The van der Waals surface area contributed by atoms with Crippen LogP contribution in [-0.2, 0) is 6.54 Å². The second-order valence-corrected chi connectivity index (χ2v) is 6.57. The maximum absolute atomic E-state index is 9.33. The molecule has 0 amide bonds. The fraction of sp³-hybridized carbons (Fsp3) is 0.429. The van der Waals surface area contributed by atoms with E-state index in [1.165, 1.54) is 49.2 Å². The van der Waals surface area contributed by atoms with Crippen molar-refractivity contribution >= 4 is 5.69 Å². The van der Waals surface area contributed by atoms with Crippen molar-refractivity contribution in [1.29, 1.82) is 0 Å². The van der Waals surface area contributed by atoms with Crippen LogP contribution in [0.3, 0.4) is 0 Å². The van der Waals surface area contributed by atoms with E-state index in [9.17, 15) is 5.11 Å². The molecule has 3 nitrogen and oxygen atoms in total. The van der Waals surface area contributed by atoms with Crippen molar-refractivity contribution in [2.45, 2.75) is 38.3 Å². The zero-order chi connectivity index (χ0) is 16.6. The highest BCUT2D eigenvalue weighted by Crippen LogP contribution is 2.21. The van der Waals surface area contributed by atoms with E-state index < -0.39 is 0 Å². The van der Waals surface area contributed by atoms with Gasteiger partial charge in [0.1, 0.15) is 0 Å². The molecule has 0 aromatic heterocycles. The molecule has 128 valence electrons. The van der Waals surface area contributed by atoms with Crippen molar-refractivity contribution in [3.63, 3.8) is 0 Å². The molecule has 0 saturated carbocycles. The number of piperidine rings is 1. The molecule has 1 aliphatic heterocycles. The van der Waals surface area contributed by atoms with E-state index in [4.69, 9.17) is 0 Å². The van der Waals surface area contributed by atoms with Crippen molar-refractivity contribution in [3.8, 4) is 0 Å². The number of aliphatic hydroxyl groups is 1. The molecule has 0 bridgehead atoms. The Hall–Kier alpha value is -1.84. The van der Waals surface area contributed by atoms with Crippen molar-refractivity contribution < 1.29 is 5.11 Å². The van der Waals surface area contributed by atoms with Crippen LogP contribution in [0.15, 0.2) is 54.6 Å². The second kappa shape index (κ2) is 8.86. The number of rotatable bonds is 7. The summed E-state index contributed by atoms with van der Waals surface area (Å²) in [5.74, 6) is 0. The Morgan fingerprint density at radius 3 is 2.29 bits per heavy atom. The lowest BCUT2D eigenvalue weighted by Gasteiger charge is -2.29. The third kappa shape index (κ3) is 4.59. The van der Waals surface area contributed by atoms with Crippen LogP contribution in [0.2, 0.25) is 0 Å². The smallest absolute Gasteiger partial charge is 0.0449 e. The largest absolute Gasteiger partial charge is 0.396 e. The standard InChI is InChI=1S/C21H28N2O/c24-16-13-21(19-7-3-1-4-8-19)22-17-18-9-11-20(12-10-18)23-14-5-2-6-15-23/h1,3-4,7-12,21-22,24H,2,5-6,13-17H2/t21-/m1/s1. The second-order valence-electron chi connectivity index (χ2n) is 6.57. The lowest BCUT2D eigenvalue weighted by molar-refractivity contribution is 0.265. The predicted octanol–water partition coefficient (Wildman–Crippen LogP) is 3.89. The SMILES string of the molecule is OCC[C@@H](NCc1ccc(N2CCCCC2)cc1)c1ccccc1. The van der Waals surface area contributed by atoms with Gasteiger partial charge in [0.05, 0.1) is 0 Å². The molecule has 24 heavy (non-hydrogen) atoms. The minimum absolute atomic E-state index is 0.193. The van der Waals surface area contributed by atoms with Gasteiger partial charge in [-0.1, -0.05) is 42.5 Å². The fourth-order valence-corrected chi connectivity index (χ4v) is 3.42. The quantitative estimate of drug-likeness (QED) is 0.811. The van der Waals surface area contributed by atoms with Crippen LogP contribution in [0.4, 0.5) is 5.69 Å². The Morgan fingerprint density at radius 1 is 0.917 bits per heavy atom. The number of aliphatic hydroxyl groups excluding tert-OH is 1. The highest BCUT2D eigenvalue weighted by molar-refractivity contribution is 5.47. The topological polar surface area (TPSA) is 35.5 Å². The summed E-state index contributed by atoms with van der Waals surface area (Å²) >= 11 is 0. The molecule has 1 atom stereocenters. The third-order valence-electron chi connectivity index (χ3n) is 4.83. The van der Waals surface area contributed by atoms with Crippen LogP contribution < -0.4 is 10.2 Å². The van der Waals surface area contributed by atoms with Gasteiger partial charge in [0, 0.05) is 38.0 Å². The molecule has 2 aromatic rings. The Morgan fingerprint density at radius 2 is 1.62 bits per heavy atom. The summed E-state index contributed by atoms with van der Waals surface area (Å²) in [6, 6.07) is 19.5. The fourth-order valence-electron chi connectivity index (χ4n) is 3.42. The summed E-state index contributed by atoms with van der Waals surface area (Å²) in [7, 11) is 0. The highest BCUT2D eigenvalue weighted by atomic mass is 16.3. The van der Waals surface area contributed by atoms with Gasteiger partial charge in [-0.3, -0.25) is 0 Å². The van der Waals surface area contributed by atoms with E-state index in [1.807, 2.05) is 6.07 Å². The molecule has 1 aliphatic rings. The predicted molar refractivity (Wildman–Crippen MR) is 100 cm³/mol. The number of nitrogens with zero attached hydrogens (tertiary/aromatic N) is 1. The van der Waals surface area contributed by atoms with Crippen LogP contribution in [0.5, 0.6) is 0 Å². The molecule has 0 unspecified atom stereocenters. The number of benzene rings is 2. The molecule has 1 fully saturated rings. The van der Waals surface area contributed by atoms with Gasteiger partial charge in [-0.2, -0.15) is 0 Å². The number of nitrogens with one attached hydrogen (secondary N) is 1. The van der Waals surface area contributed by atoms with Crippen LogP contribution in [0.1, 0.15) is 42.9 Å². The van der Waals surface area contributed by atoms with Crippen molar-refractivity contribution in [2.24, 2.45) is 0 Å². The zero-order valence-electron chi connectivity index (χ0n) is 14.3. The minimum Gasteiger partial charge on any atom is -0.396 e. The van der Waals surface area contributed by atoms with Crippen molar-refractivity contribution in [2.75, 3.05) is 24.6 Å². The molecule has 2 aromatic carbocycles. The van der Waals surface area contributed by atoms with Gasteiger partial charge in [-0.15, -0.1) is 0 Å². The summed E-state index contributed by atoms with van der Waals surface area (Å²) in [5, 5.41) is 12.9. The Bertz CT molecular complexity index is 591. The molecule has 3 heteroatoms. The monoisotopic (exact) mass is 324 g/mol. The van der Waals surface area contributed by atoms with Crippen molar-refractivity contribution in [3.05, 3.63) is 65.7 Å². The first kappa shape index (κ1) is 17.0. The summed E-state index contributed by atoms with van der Waals surface area (Å²) in [6.07, 6.45) is 4.71. The molecule has 1 heterocycles. The zero-order valence-corrected chi connectivity index (χ0v) is 14.3. The average Bonchev–Trinajstić information content (AvgIpc) is 2.67. The van der Waals surface area contributed by atoms with E-state index in [1.54, 1.807) is 0 Å². The Balaban J connectivity index is 1.58. The van der Waals surface area contributed by atoms with Gasteiger partial charge in [-0.05, 0) is 48.9 Å². The molecule has 1 saturated heterocycles. The molecule has 0 aliphatic carbocycles. The first-order valence-electron chi connectivity index (χ1n) is 9.10. The van der Waals surface area contributed by atoms with E-state index in [-0.39, 0.29) is 12.6 Å². The van der Waals surface area contributed by atoms with E-state index in [0.717, 1.165) is 13.0 Å².